The fourth-order valence-electron chi connectivity index (χ4n) is 2.65. The lowest BCUT2D eigenvalue weighted by Crippen LogP contribution is -2.34. The third kappa shape index (κ3) is 3.86. The van der Waals surface area contributed by atoms with Crippen molar-refractivity contribution in [1.29, 1.82) is 0 Å². The molecule has 1 aliphatic heterocycles. The molecule has 1 aromatic heterocycles. The Morgan fingerprint density at radius 1 is 1.19 bits per heavy atom. The van der Waals surface area contributed by atoms with Gasteiger partial charge in [0.15, 0.2) is 0 Å². The molecule has 21 heavy (non-hydrogen) atoms. The number of carboxylic acids is 1. The minimum absolute atomic E-state index is 0.150. The number of hydrogen-bond acceptors (Lipinski definition) is 3. The summed E-state index contributed by atoms with van der Waals surface area (Å²) in [6, 6.07) is 3.38. The van der Waals surface area contributed by atoms with Gasteiger partial charge in [-0.05, 0) is 32.8 Å². The van der Waals surface area contributed by atoms with Crippen molar-refractivity contribution in [2.75, 3.05) is 18.0 Å². The van der Waals surface area contributed by atoms with Crippen LogP contribution in [0.15, 0.2) is 23.1 Å². The maximum absolute atomic E-state index is 12.0. The average molecular weight is 292 g/mol. The van der Waals surface area contributed by atoms with Crippen LogP contribution < -0.4 is 10.5 Å². The highest BCUT2D eigenvalue weighted by Crippen LogP contribution is 2.21. The first kappa shape index (κ1) is 15.6. The van der Waals surface area contributed by atoms with Crippen LogP contribution in [0.2, 0.25) is 0 Å². The van der Waals surface area contributed by atoms with Gasteiger partial charge in [0.25, 0.3) is 5.56 Å². The van der Waals surface area contributed by atoms with Gasteiger partial charge >= 0.3 is 5.97 Å². The van der Waals surface area contributed by atoms with Crippen LogP contribution in [0.25, 0.3) is 0 Å². The average Bonchev–Trinajstić information content (AvgIpc) is 2.70. The van der Waals surface area contributed by atoms with Gasteiger partial charge < -0.3 is 14.6 Å². The highest BCUT2D eigenvalue weighted by Gasteiger charge is 2.28. The summed E-state index contributed by atoms with van der Waals surface area (Å²) in [6.07, 6.45) is 6.64. The van der Waals surface area contributed by atoms with Gasteiger partial charge in [0.05, 0.1) is 11.1 Å². The first-order valence-electron chi connectivity index (χ1n) is 7.59. The van der Waals surface area contributed by atoms with Gasteiger partial charge in [0, 0.05) is 31.9 Å². The number of nitrogens with zero attached hydrogens (tertiary/aromatic N) is 2. The maximum Gasteiger partial charge on any atom is 0.310 e. The van der Waals surface area contributed by atoms with Crippen LogP contribution in [-0.4, -0.2) is 28.7 Å². The number of carbonyl (C=O) groups is 1. The standard InChI is InChI=1S/C16H24N2O3/c1-16(2,15(20)21)12-18-11-13(7-8-14(18)19)17-9-5-3-4-6-10-17/h7-8,11H,3-6,9-10,12H2,1-2H3,(H,20,21). The molecule has 1 saturated heterocycles. The third-order valence-electron chi connectivity index (χ3n) is 4.08. The Labute approximate surface area is 125 Å². The molecule has 0 atom stereocenters. The molecule has 0 aliphatic carbocycles. The first-order chi connectivity index (χ1) is 9.90. The fourth-order valence-corrected chi connectivity index (χ4v) is 2.65. The van der Waals surface area contributed by atoms with E-state index in [4.69, 9.17) is 0 Å². The van der Waals surface area contributed by atoms with Crippen LogP contribution in [0.3, 0.4) is 0 Å². The van der Waals surface area contributed by atoms with Crippen LogP contribution in [0.5, 0.6) is 0 Å². The van der Waals surface area contributed by atoms with Gasteiger partial charge in [-0.25, -0.2) is 0 Å². The second-order valence-corrected chi connectivity index (χ2v) is 6.44. The lowest BCUT2D eigenvalue weighted by atomic mass is 9.94. The molecular formula is C16H24N2O3. The van der Waals surface area contributed by atoms with Gasteiger partial charge in [0.2, 0.25) is 0 Å². The summed E-state index contributed by atoms with van der Waals surface area (Å²) >= 11 is 0. The molecule has 1 fully saturated rings. The van der Waals surface area contributed by atoms with Crippen LogP contribution in [0.1, 0.15) is 39.5 Å². The monoisotopic (exact) mass is 292 g/mol. The minimum Gasteiger partial charge on any atom is -0.481 e. The number of aromatic nitrogens is 1. The summed E-state index contributed by atoms with van der Waals surface area (Å²) in [4.78, 5) is 25.5. The molecule has 1 aromatic rings. The molecule has 0 spiro atoms. The summed E-state index contributed by atoms with van der Waals surface area (Å²) in [5.74, 6) is -0.894. The van der Waals surface area contributed by atoms with Crippen LogP contribution in [0, 0.1) is 5.41 Å². The Kier molecular flexibility index (Phi) is 4.70. The van der Waals surface area contributed by atoms with Crippen LogP contribution >= 0.6 is 0 Å². The summed E-state index contributed by atoms with van der Waals surface area (Å²) in [7, 11) is 0. The molecule has 2 heterocycles. The highest BCUT2D eigenvalue weighted by molar-refractivity contribution is 5.73. The summed E-state index contributed by atoms with van der Waals surface area (Å²) in [5, 5.41) is 9.22. The van der Waals surface area contributed by atoms with Gasteiger partial charge in [-0.1, -0.05) is 12.8 Å². The van der Waals surface area contributed by atoms with E-state index in [2.05, 4.69) is 4.90 Å². The Balaban J connectivity index is 2.24. The van der Waals surface area contributed by atoms with E-state index in [0.29, 0.717) is 0 Å². The molecule has 5 heteroatoms. The molecule has 116 valence electrons. The van der Waals surface area contributed by atoms with Crippen molar-refractivity contribution in [2.45, 2.75) is 46.1 Å². The van der Waals surface area contributed by atoms with E-state index in [1.807, 2.05) is 6.07 Å². The third-order valence-corrected chi connectivity index (χ3v) is 4.08. The molecule has 0 aromatic carbocycles. The van der Waals surface area contributed by atoms with Crippen molar-refractivity contribution < 1.29 is 9.90 Å². The second kappa shape index (κ2) is 6.33. The second-order valence-electron chi connectivity index (χ2n) is 6.44. The SMILES string of the molecule is CC(C)(Cn1cc(N2CCCCCC2)ccc1=O)C(=O)O. The topological polar surface area (TPSA) is 62.5 Å². The van der Waals surface area contributed by atoms with Gasteiger partial charge in [-0.2, -0.15) is 0 Å². The van der Waals surface area contributed by atoms with E-state index in [0.717, 1.165) is 18.8 Å². The molecule has 2 rings (SSSR count). The van der Waals surface area contributed by atoms with E-state index < -0.39 is 11.4 Å². The number of carboxylic acid groups (broad SMARTS) is 1. The van der Waals surface area contributed by atoms with E-state index in [9.17, 15) is 14.7 Å². The van der Waals surface area contributed by atoms with E-state index >= 15 is 0 Å². The number of pyridine rings is 1. The largest absolute Gasteiger partial charge is 0.481 e. The molecule has 1 N–H and O–H groups in total. The van der Waals surface area contributed by atoms with Crippen molar-refractivity contribution in [3.8, 4) is 0 Å². The number of anilines is 1. The Morgan fingerprint density at radius 3 is 2.38 bits per heavy atom. The van der Waals surface area contributed by atoms with Gasteiger partial charge in [-0.3, -0.25) is 9.59 Å². The van der Waals surface area contributed by atoms with E-state index in [1.165, 1.54) is 36.3 Å². The molecule has 0 bridgehead atoms. The predicted octanol–water partition coefficient (Wildman–Crippen LogP) is 2.34. The van der Waals surface area contributed by atoms with Crippen molar-refractivity contribution in [3.05, 3.63) is 28.7 Å². The molecule has 0 saturated carbocycles. The van der Waals surface area contributed by atoms with E-state index in [-0.39, 0.29) is 12.1 Å². The predicted molar refractivity (Wildman–Crippen MR) is 82.8 cm³/mol. The zero-order chi connectivity index (χ0) is 15.5. The zero-order valence-electron chi connectivity index (χ0n) is 12.8. The number of aliphatic carboxylic acids is 1. The molecule has 1 aliphatic rings. The Hall–Kier alpha value is -1.78. The van der Waals surface area contributed by atoms with Crippen molar-refractivity contribution in [3.63, 3.8) is 0 Å². The first-order valence-corrected chi connectivity index (χ1v) is 7.59. The quantitative estimate of drug-likeness (QED) is 0.925. The van der Waals surface area contributed by atoms with E-state index in [1.54, 1.807) is 20.0 Å². The maximum atomic E-state index is 12.0. The lowest BCUT2D eigenvalue weighted by molar-refractivity contribution is -0.147. The minimum atomic E-state index is -0.957. The van der Waals surface area contributed by atoms with Crippen molar-refractivity contribution >= 4 is 11.7 Å². The van der Waals surface area contributed by atoms with Gasteiger partial charge in [0.1, 0.15) is 0 Å². The summed E-state index contributed by atoms with van der Waals surface area (Å²) in [6.45, 7) is 5.46. The Bertz CT molecular complexity index is 555. The molecule has 0 amide bonds. The Morgan fingerprint density at radius 2 is 1.81 bits per heavy atom. The summed E-state index contributed by atoms with van der Waals surface area (Å²) < 4.78 is 1.52. The van der Waals surface area contributed by atoms with Crippen molar-refractivity contribution in [1.82, 2.24) is 4.57 Å². The fraction of sp³-hybridized carbons (Fsp3) is 0.625. The zero-order valence-corrected chi connectivity index (χ0v) is 12.8. The smallest absolute Gasteiger partial charge is 0.310 e. The van der Waals surface area contributed by atoms with Crippen LogP contribution in [-0.2, 0) is 11.3 Å². The lowest BCUT2D eigenvalue weighted by Gasteiger charge is -2.25. The highest BCUT2D eigenvalue weighted by atomic mass is 16.4. The molecular weight excluding hydrogens is 268 g/mol. The molecule has 5 nitrogen and oxygen atoms in total. The summed E-state index contributed by atoms with van der Waals surface area (Å²) in [5.41, 5.74) is -0.0955. The normalized spacial score (nSPS) is 16.6. The number of rotatable bonds is 4. The number of hydrogen-bond donors (Lipinski definition) is 1. The van der Waals surface area contributed by atoms with Crippen LogP contribution in [0.4, 0.5) is 5.69 Å². The van der Waals surface area contributed by atoms with Crippen molar-refractivity contribution in [2.24, 2.45) is 5.41 Å². The molecule has 0 radical (unpaired) electrons. The molecule has 0 unspecified atom stereocenters. The van der Waals surface area contributed by atoms with Gasteiger partial charge in [-0.15, -0.1) is 0 Å².